The van der Waals surface area contributed by atoms with E-state index in [-0.39, 0.29) is 12.1 Å². The summed E-state index contributed by atoms with van der Waals surface area (Å²) < 4.78 is 4.85. The van der Waals surface area contributed by atoms with E-state index in [0.717, 1.165) is 0 Å². The quantitative estimate of drug-likeness (QED) is 0.415. The summed E-state index contributed by atoms with van der Waals surface area (Å²) >= 11 is 0. The highest BCUT2D eigenvalue weighted by Gasteiger charge is 2.24. The summed E-state index contributed by atoms with van der Waals surface area (Å²) in [6.45, 7) is 0. The van der Waals surface area contributed by atoms with Crippen LogP contribution in [0.5, 0.6) is 0 Å². The molecule has 3 rings (SSSR count). The first-order chi connectivity index (χ1) is 17.0. The van der Waals surface area contributed by atoms with Crippen molar-refractivity contribution in [2.45, 2.75) is 12.5 Å². The standard InChI is InChI=1S/C27H25N3O5/c1-35-27(34)23(30-26(33)21-15-9-4-10-16-21)17-22(29-25(32)20-13-7-3-8-14-20)18-28-24(31)19-11-5-2-6-12-19/h2-16,18,23H,17H2,1H3,(H,28,31)(H,29,32)(H,30,33)/b22-18-. The number of hydrogen-bond donors (Lipinski definition) is 3. The fourth-order valence-electron chi connectivity index (χ4n) is 3.17. The number of nitrogens with one attached hydrogen (secondary N) is 3. The van der Waals surface area contributed by atoms with Gasteiger partial charge in [0.05, 0.1) is 7.11 Å². The van der Waals surface area contributed by atoms with Crippen molar-refractivity contribution < 1.29 is 23.9 Å². The van der Waals surface area contributed by atoms with Crippen LogP contribution in [0.4, 0.5) is 0 Å². The topological polar surface area (TPSA) is 114 Å². The van der Waals surface area contributed by atoms with Crippen molar-refractivity contribution in [2.24, 2.45) is 0 Å². The number of esters is 1. The number of rotatable bonds is 9. The Kier molecular flexibility index (Phi) is 8.90. The molecule has 0 aliphatic carbocycles. The number of benzene rings is 3. The molecule has 3 aromatic rings. The van der Waals surface area contributed by atoms with Gasteiger partial charge in [0.1, 0.15) is 6.04 Å². The molecule has 1 unspecified atom stereocenters. The molecule has 0 heterocycles. The molecule has 1 atom stereocenters. The third-order valence-corrected chi connectivity index (χ3v) is 4.97. The maximum Gasteiger partial charge on any atom is 0.328 e. The molecule has 0 saturated carbocycles. The molecule has 3 N–H and O–H groups in total. The predicted molar refractivity (Wildman–Crippen MR) is 130 cm³/mol. The van der Waals surface area contributed by atoms with Crippen LogP contribution in [-0.4, -0.2) is 36.8 Å². The van der Waals surface area contributed by atoms with Gasteiger partial charge in [0.2, 0.25) is 0 Å². The van der Waals surface area contributed by atoms with Crippen LogP contribution in [0.25, 0.3) is 0 Å². The predicted octanol–water partition coefficient (Wildman–Crippen LogP) is 3.05. The van der Waals surface area contributed by atoms with Crippen molar-refractivity contribution in [1.29, 1.82) is 0 Å². The zero-order chi connectivity index (χ0) is 25.0. The van der Waals surface area contributed by atoms with Crippen molar-refractivity contribution >= 4 is 23.7 Å². The molecule has 0 bridgehead atoms. The van der Waals surface area contributed by atoms with Crippen LogP contribution in [0, 0.1) is 0 Å². The Bertz CT molecular complexity index is 1200. The highest BCUT2D eigenvalue weighted by atomic mass is 16.5. The van der Waals surface area contributed by atoms with Gasteiger partial charge in [-0.3, -0.25) is 14.4 Å². The van der Waals surface area contributed by atoms with E-state index >= 15 is 0 Å². The molecule has 3 aromatic carbocycles. The third-order valence-electron chi connectivity index (χ3n) is 4.97. The Morgan fingerprint density at radius 3 is 1.66 bits per heavy atom. The molecule has 8 heteroatoms. The van der Waals surface area contributed by atoms with Gasteiger partial charge >= 0.3 is 5.97 Å². The monoisotopic (exact) mass is 471 g/mol. The highest BCUT2D eigenvalue weighted by Crippen LogP contribution is 2.09. The molecule has 3 amide bonds. The number of methoxy groups -OCH3 is 1. The van der Waals surface area contributed by atoms with Crippen LogP contribution in [0.15, 0.2) is 103 Å². The van der Waals surface area contributed by atoms with E-state index in [1.165, 1.54) is 13.3 Å². The number of amides is 3. The van der Waals surface area contributed by atoms with Gasteiger partial charge < -0.3 is 20.7 Å². The third kappa shape index (κ3) is 7.40. The summed E-state index contributed by atoms with van der Waals surface area (Å²) in [5, 5.41) is 7.96. The summed E-state index contributed by atoms with van der Waals surface area (Å²) in [6.07, 6.45) is 1.17. The average Bonchev–Trinajstić information content (AvgIpc) is 2.91. The van der Waals surface area contributed by atoms with Gasteiger partial charge in [-0.25, -0.2) is 4.79 Å². The number of hydrogen-bond acceptors (Lipinski definition) is 5. The second-order valence-corrected chi connectivity index (χ2v) is 7.45. The number of carbonyl (C=O) groups excluding carboxylic acids is 4. The lowest BCUT2D eigenvalue weighted by molar-refractivity contribution is -0.142. The smallest absolute Gasteiger partial charge is 0.328 e. The van der Waals surface area contributed by atoms with Crippen molar-refractivity contribution in [3.05, 3.63) is 120 Å². The summed E-state index contributed by atoms with van der Waals surface area (Å²) in [7, 11) is 1.20. The van der Waals surface area contributed by atoms with Crippen LogP contribution in [-0.2, 0) is 9.53 Å². The van der Waals surface area contributed by atoms with Gasteiger partial charge in [0, 0.05) is 35.0 Å². The van der Waals surface area contributed by atoms with Crippen molar-refractivity contribution in [3.63, 3.8) is 0 Å². The molecule has 0 spiro atoms. The summed E-state index contributed by atoms with van der Waals surface area (Å²) in [5.41, 5.74) is 1.36. The maximum atomic E-state index is 12.8. The largest absolute Gasteiger partial charge is 0.467 e. The van der Waals surface area contributed by atoms with Crippen LogP contribution < -0.4 is 16.0 Å². The van der Waals surface area contributed by atoms with Gasteiger partial charge in [-0.1, -0.05) is 54.6 Å². The lowest BCUT2D eigenvalue weighted by Crippen LogP contribution is -2.43. The average molecular weight is 472 g/mol. The van der Waals surface area contributed by atoms with E-state index in [1.54, 1.807) is 91.0 Å². The first-order valence-electron chi connectivity index (χ1n) is 10.8. The molecular weight excluding hydrogens is 446 g/mol. The van der Waals surface area contributed by atoms with Crippen molar-refractivity contribution in [2.75, 3.05) is 7.11 Å². The first kappa shape index (κ1) is 24.9. The van der Waals surface area contributed by atoms with Crippen LogP contribution in [0.1, 0.15) is 37.5 Å². The minimum atomic E-state index is -1.12. The molecule has 0 fully saturated rings. The number of carbonyl (C=O) groups is 4. The molecule has 0 aliphatic heterocycles. The van der Waals surface area contributed by atoms with Crippen LogP contribution >= 0.6 is 0 Å². The zero-order valence-electron chi connectivity index (χ0n) is 19.1. The van der Waals surface area contributed by atoms with E-state index in [4.69, 9.17) is 4.74 Å². The van der Waals surface area contributed by atoms with Gasteiger partial charge in [0.15, 0.2) is 0 Å². The van der Waals surface area contributed by atoms with E-state index in [0.29, 0.717) is 16.7 Å². The van der Waals surface area contributed by atoms with E-state index in [1.807, 2.05) is 0 Å². The fraction of sp³-hybridized carbons (Fsp3) is 0.111. The Balaban J connectivity index is 1.83. The van der Waals surface area contributed by atoms with Crippen molar-refractivity contribution in [1.82, 2.24) is 16.0 Å². The van der Waals surface area contributed by atoms with Gasteiger partial charge in [-0.15, -0.1) is 0 Å². The van der Waals surface area contributed by atoms with Crippen molar-refractivity contribution in [3.8, 4) is 0 Å². The Hall–Kier alpha value is -4.72. The second kappa shape index (κ2) is 12.5. The molecule has 0 aromatic heterocycles. The minimum absolute atomic E-state index is 0.140. The fourth-order valence-corrected chi connectivity index (χ4v) is 3.17. The van der Waals surface area contributed by atoms with E-state index in [2.05, 4.69) is 16.0 Å². The second-order valence-electron chi connectivity index (χ2n) is 7.45. The molecule has 8 nitrogen and oxygen atoms in total. The SMILES string of the molecule is COC(=O)C(C/C(=C/NC(=O)c1ccccc1)NC(=O)c1ccccc1)NC(=O)c1ccccc1. The molecule has 35 heavy (non-hydrogen) atoms. The van der Waals surface area contributed by atoms with Gasteiger partial charge in [-0.2, -0.15) is 0 Å². The number of ether oxygens (including phenoxy) is 1. The lowest BCUT2D eigenvalue weighted by atomic mass is 10.1. The van der Waals surface area contributed by atoms with Crippen LogP contribution in [0.2, 0.25) is 0 Å². The Morgan fingerprint density at radius 2 is 1.17 bits per heavy atom. The normalized spacial score (nSPS) is 11.6. The molecule has 0 radical (unpaired) electrons. The molecule has 178 valence electrons. The Morgan fingerprint density at radius 1 is 0.714 bits per heavy atom. The first-order valence-corrected chi connectivity index (χ1v) is 10.8. The van der Waals surface area contributed by atoms with E-state index in [9.17, 15) is 19.2 Å². The summed E-state index contributed by atoms with van der Waals surface area (Å²) in [5.74, 6) is -2.03. The molecular formula is C27H25N3O5. The minimum Gasteiger partial charge on any atom is -0.467 e. The molecule has 0 aliphatic rings. The van der Waals surface area contributed by atoms with Gasteiger partial charge in [0.25, 0.3) is 17.7 Å². The molecule has 0 saturated heterocycles. The van der Waals surface area contributed by atoms with Gasteiger partial charge in [-0.05, 0) is 36.4 Å². The highest BCUT2D eigenvalue weighted by molar-refractivity contribution is 5.98. The van der Waals surface area contributed by atoms with Crippen LogP contribution in [0.3, 0.4) is 0 Å². The maximum absolute atomic E-state index is 12.8. The Labute approximate surface area is 203 Å². The zero-order valence-corrected chi connectivity index (χ0v) is 19.1. The summed E-state index contributed by atoms with van der Waals surface area (Å²) in [6, 6.07) is 24.3. The van der Waals surface area contributed by atoms with E-state index < -0.39 is 29.7 Å². The summed E-state index contributed by atoms with van der Waals surface area (Å²) in [4.78, 5) is 50.4. The lowest BCUT2D eigenvalue weighted by Gasteiger charge is -2.19.